The molecule has 1 rings (SSSR count). The Labute approximate surface area is 150 Å². The normalized spacial score (nSPS) is 31.6. The van der Waals surface area contributed by atoms with Gasteiger partial charge in [-0.1, -0.05) is 0 Å². The average molecular weight is 375 g/mol. The Kier molecular flexibility index (Phi) is 7.07. The lowest BCUT2D eigenvalue weighted by Gasteiger charge is -2.44. The summed E-state index contributed by atoms with van der Waals surface area (Å²) >= 11 is 0. The van der Waals surface area contributed by atoms with E-state index in [0.717, 1.165) is 6.92 Å². The molecule has 0 spiro atoms. The van der Waals surface area contributed by atoms with E-state index in [1.165, 1.54) is 20.8 Å². The molecule has 26 heavy (non-hydrogen) atoms. The number of rotatable bonds is 6. The molecule has 1 aliphatic rings. The first-order valence-corrected chi connectivity index (χ1v) is 7.93. The van der Waals surface area contributed by atoms with Crippen LogP contribution in [-0.4, -0.2) is 75.2 Å². The molecule has 0 saturated carbocycles. The van der Waals surface area contributed by atoms with Gasteiger partial charge in [-0.05, 0) is 13.8 Å². The van der Waals surface area contributed by atoms with Crippen LogP contribution >= 0.6 is 0 Å². The lowest BCUT2D eigenvalue weighted by molar-refractivity contribution is -0.281. The quantitative estimate of drug-likeness (QED) is 0.201. The van der Waals surface area contributed by atoms with Crippen LogP contribution in [0.5, 0.6) is 0 Å². The molecule has 148 valence electrons. The van der Waals surface area contributed by atoms with Gasteiger partial charge < -0.3 is 35.8 Å². The van der Waals surface area contributed by atoms with E-state index in [1.54, 1.807) is 0 Å². The van der Waals surface area contributed by atoms with E-state index in [1.807, 2.05) is 0 Å². The number of carboxylic acids is 1. The fraction of sp³-hybridized carbons (Fsp3) is 0.733. The second-order valence-corrected chi connectivity index (χ2v) is 6.25. The zero-order chi connectivity index (χ0) is 20.2. The van der Waals surface area contributed by atoms with Gasteiger partial charge in [0.15, 0.2) is 0 Å². The first-order chi connectivity index (χ1) is 11.9. The number of esters is 1. The molecule has 6 N–H and O–H groups in total. The standard InChI is InChI=1S/C15H25N3O8/c1-6(25-9(4)20)11(18-8(3)19)13-12(17-7(2)16)10(21)5-15(24,26-13)14(22)23/h6,10-13,21,24H,5H2,1-4H3,(H2,16,17)(H,18,19)(H,22,23)/t6-,10+,11-,12-,13+,15+/m1/s1. The van der Waals surface area contributed by atoms with Crippen molar-refractivity contribution >= 4 is 23.7 Å². The molecule has 0 aromatic carbocycles. The zero-order valence-corrected chi connectivity index (χ0v) is 15.0. The summed E-state index contributed by atoms with van der Waals surface area (Å²) in [5.41, 5.74) is 5.57. The molecule has 11 heteroatoms. The molecule has 1 fully saturated rings. The second kappa shape index (κ2) is 8.43. The van der Waals surface area contributed by atoms with E-state index in [-0.39, 0.29) is 5.84 Å². The molecular formula is C15H25N3O8. The first-order valence-electron chi connectivity index (χ1n) is 7.93. The number of aliphatic hydroxyl groups excluding tert-OH is 1. The number of amides is 1. The van der Waals surface area contributed by atoms with Crippen LogP contribution in [0.2, 0.25) is 0 Å². The van der Waals surface area contributed by atoms with Gasteiger partial charge in [-0.2, -0.15) is 0 Å². The predicted octanol–water partition coefficient (Wildman–Crippen LogP) is -1.89. The monoisotopic (exact) mass is 375 g/mol. The van der Waals surface area contributed by atoms with Crippen molar-refractivity contribution in [2.45, 2.75) is 70.3 Å². The van der Waals surface area contributed by atoms with Crippen molar-refractivity contribution < 1.29 is 39.2 Å². The topological polar surface area (TPSA) is 181 Å². The maximum Gasteiger partial charge on any atom is 0.364 e. The van der Waals surface area contributed by atoms with Gasteiger partial charge in [0.1, 0.15) is 18.2 Å². The minimum Gasteiger partial charge on any atom is -0.477 e. The Morgan fingerprint density at radius 2 is 1.92 bits per heavy atom. The second-order valence-electron chi connectivity index (χ2n) is 6.25. The van der Waals surface area contributed by atoms with E-state index in [2.05, 4.69) is 10.3 Å². The lowest BCUT2D eigenvalue weighted by atomic mass is 9.87. The van der Waals surface area contributed by atoms with Crippen molar-refractivity contribution in [2.75, 3.05) is 0 Å². The van der Waals surface area contributed by atoms with Gasteiger partial charge in [-0.15, -0.1) is 0 Å². The van der Waals surface area contributed by atoms with Crippen molar-refractivity contribution in [1.29, 1.82) is 0 Å². The SMILES string of the molecule is CC(=O)N[C@@H]([C@@H]1O[C@](O)(C(=O)O)C[C@H](O)[C@H]1N=C(C)N)[C@@H](C)OC(C)=O. The summed E-state index contributed by atoms with van der Waals surface area (Å²) in [5.74, 6) is -5.51. The third-order valence-electron chi connectivity index (χ3n) is 3.82. The molecule has 1 amide bonds. The Bertz CT molecular complexity index is 591. The van der Waals surface area contributed by atoms with Crippen LogP contribution in [0.4, 0.5) is 0 Å². The highest BCUT2D eigenvalue weighted by Gasteiger charge is 2.54. The Morgan fingerprint density at radius 3 is 2.35 bits per heavy atom. The summed E-state index contributed by atoms with van der Waals surface area (Å²) in [6, 6.07) is -2.21. The highest BCUT2D eigenvalue weighted by Crippen LogP contribution is 2.32. The number of carboxylic acid groups (broad SMARTS) is 1. The number of nitrogens with one attached hydrogen (secondary N) is 1. The Balaban J connectivity index is 3.35. The van der Waals surface area contributed by atoms with Crippen molar-refractivity contribution in [1.82, 2.24) is 5.32 Å². The van der Waals surface area contributed by atoms with Gasteiger partial charge in [-0.25, -0.2) is 4.79 Å². The van der Waals surface area contributed by atoms with Gasteiger partial charge >= 0.3 is 11.9 Å². The Morgan fingerprint density at radius 1 is 1.35 bits per heavy atom. The van der Waals surface area contributed by atoms with Crippen molar-refractivity contribution in [3.63, 3.8) is 0 Å². The summed E-state index contributed by atoms with van der Waals surface area (Å²) in [6.45, 7) is 5.25. The molecule has 1 heterocycles. The van der Waals surface area contributed by atoms with Crippen LogP contribution in [0, 0.1) is 0 Å². The van der Waals surface area contributed by atoms with Gasteiger partial charge in [0.2, 0.25) is 5.91 Å². The van der Waals surface area contributed by atoms with Crippen molar-refractivity contribution in [3.05, 3.63) is 0 Å². The largest absolute Gasteiger partial charge is 0.477 e. The summed E-state index contributed by atoms with van der Waals surface area (Å²) < 4.78 is 10.4. The summed E-state index contributed by atoms with van der Waals surface area (Å²) in [4.78, 5) is 38.3. The highest BCUT2D eigenvalue weighted by atomic mass is 16.7. The van der Waals surface area contributed by atoms with Gasteiger partial charge in [0, 0.05) is 20.3 Å². The number of hydrogen-bond donors (Lipinski definition) is 5. The molecule has 6 atom stereocenters. The summed E-state index contributed by atoms with van der Waals surface area (Å²) in [6.07, 6.45) is -4.40. The predicted molar refractivity (Wildman–Crippen MR) is 88.0 cm³/mol. The van der Waals surface area contributed by atoms with Crippen LogP contribution in [-0.2, 0) is 23.9 Å². The van der Waals surface area contributed by atoms with Gasteiger partial charge in [0.05, 0.1) is 18.0 Å². The molecule has 0 bridgehead atoms. The van der Waals surface area contributed by atoms with E-state index in [9.17, 15) is 29.7 Å². The molecule has 0 aliphatic carbocycles. The maximum atomic E-state index is 11.6. The number of nitrogens with two attached hydrogens (primary N) is 1. The van der Waals surface area contributed by atoms with Gasteiger partial charge in [-0.3, -0.25) is 14.6 Å². The van der Waals surface area contributed by atoms with Crippen LogP contribution in [0.15, 0.2) is 4.99 Å². The number of ether oxygens (including phenoxy) is 2. The molecule has 0 aromatic rings. The van der Waals surface area contributed by atoms with Crippen LogP contribution < -0.4 is 11.1 Å². The number of aliphatic imine (C=N–C) groups is 1. The van der Waals surface area contributed by atoms with Crippen LogP contribution in [0.1, 0.15) is 34.1 Å². The molecular weight excluding hydrogens is 350 g/mol. The fourth-order valence-electron chi connectivity index (χ4n) is 2.82. The van der Waals surface area contributed by atoms with E-state index in [4.69, 9.17) is 15.2 Å². The maximum absolute atomic E-state index is 11.6. The van der Waals surface area contributed by atoms with Crippen LogP contribution in [0.3, 0.4) is 0 Å². The molecule has 0 aromatic heterocycles. The number of carbonyl (C=O) groups excluding carboxylic acids is 2. The van der Waals surface area contributed by atoms with E-state index < -0.39 is 60.4 Å². The molecule has 1 aliphatic heterocycles. The third-order valence-corrected chi connectivity index (χ3v) is 3.82. The number of nitrogens with zero attached hydrogens (tertiary/aromatic N) is 1. The van der Waals surface area contributed by atoms with Crippen LogP contribution in [0.25, 0.3) is 0 Å². The molecule has 11 nitrogen and oxygen atoms in total. The zero-order valence-electron chi connectivity index (χ0n) is 15.0. The third kappa shape index (κ3) is 5.38. The number of aliphatic hydroxyl groups is 2. The fourth-order valence-corrected chi connectivity index (χ4v) is 2.82. The smallest absolute Gasteiger partial charge is 0.364 e. The number of amidine groups is 1. The Hall–Kier alpha value is -2.24. The molecule has 1 saturated heterocycles. The van der Waals surface area contributed by atoms with E-state index >= 15 is 0 Å². The van der Waals surface area contributed by atoms with Crippen molar-refractivity contribution in [2.24, 2.45) is 10.7 Å². The van der Waals surface area contributed by atoms with Crippen molar-refractivity contribution in [3.8, 4) is 0 Å². The number of carbonyl (C=O) groups is 3. The summed E-state index contributed by atoms with van der Waals surface area (Å²) in [5, 5.41) is 32.3. The highest BCUT2D eigenvalue weighted by molar-refractivity contribution is 5.78. The average Bonchev–Trinajstić information content (AvgIpc) is 2.46. The van der Waals surface area contributed by atoms with Gasteiger partial charge in [0.25, 0.3) is 5.79 Å². The first kappa shape index (κ1) is 21.8. The molecule has 0 radical (unpaired) electrons. The minimum absolute atomic E-state index is 0.0742. The number of aliphatic carboxylic acids is 1. The summed E-state index contributed by atoms with van der Waals surface area (Å²) in [7, 11) is 0. The minimum atomic E-state index is -2.70. The lowest BCUT2D eigenvalue weighted by Crippen LogP contribution is -2.65. The van der Waals surface area contributed by atoms with E-state index in [0.29, 0.717) is 0 Å². The molecule has 0 unspecified atom stereocenters. The number of hydrogen-bond acceptors (Lipinski definition) is 8.